The van der Waals surface area contributed by atoms with E-state index in [-0.39, 0.29) is 0 Å². The maximum atomic E-state index is 3.11. The van der Waals surface area contributed by atoms with Gasteiger partial charge < -0.3 is 5.32 Å². The highest BCUT2D eigenvalue weighted by atomic mass is 14.8. The van der Waals surface area contributed by atoms with Gasteiger partial charge in [0.1, 0.15) is 0 Å². The summed E-state index contributed by atoms with van der Waals surface area (Å²) in [7, 11) is 0. The van der Waals surface area contributed by atoms with E-state index in [0.29, 0.717) is 0 Å². The molecule has 0 saturated heterocycles. The van der Waals surface area contributed by atoms with Gasteiger partial charge in [-0.3, -0.25) is 0 Å². The molecule has 0 aliphatic carbocycles. The zero-order valence-electron chi connectivity index (χ0n) is 7.38. The second kappa shape index (κ2) is 9.18. The Kier molecular flexibility index (Phi) is 8.50. The molecule has 1 heteroatoms. The zero-order chi connectivity index (χ0) is 8.36. The average molecular weight is 151 g/mol. The summed E-state index contributed by atoms with van der Waals surface area (Å²) in [5.41, 5.74) is 0. The Bertz CT molecular complexity index is 108. The lowest BCUT2D eigenvalue weighted by Gasteiger charge is -1.86. The van der Waals surface area contributed by atoms with E-state index in [1.54, 1.807) is 0 Å². The van der Waals surface area contributed by atoms with Gasteiger partial charge in [-0.1, -0.05) is 50.2 Å². The first-order valence-corrected chi connectivity index (χ1v) is 4.12. The quantitative estimate of drug-likeness (QED) is 0.684. The van der Waals surface area contributed by atoms with Crippen LogP contribution in [0.5, 0.6) is 0 Å². The van der Waals surface area contributed by atoms with Crippen molar-refractivity contribution in [1.82, 2.24) is 5.32 Å². The SMILES string of the molecule is CCNCC.c1ccccc1. The van der Waals surface area contributed by atoms with Crippen LogP contribution < -0.4 is 5.32 Å². The average Bonchev–Trinajstić information content (AvgIpc) is 2.10. The highest BCUT2D eigenvalue weighted by Gasteiger charge is 1.62. The summed E-state index contributed by atoms with van der Waals surface area (Å²) in [4.78, 5) is 0. The molecule has 1 rings (SSSR count). The van der Waals surface area contributed by atoms with E-state index in [1.807, 2.05) is 36.4 Å². The molecule has 0 radical (unpaired) electrons. The molecule has 1 aromatic carbocycles. The van der Waals surface area contributed by atoms with Gasteiger partial charge in [-0.2, -0.15) is 0 Å². The molecule has 0 saturated carbocycles. The van der Waals surface area contributed by atoms with Gasteiger partial charge in [-0.15, -0.1) is 0 Å². The maximum absolute atomic E-state index is 3.11. The van der Waals surface area contributed by atoms with Crippen molar-refractivity contribution in [2.45, 2.75) is 13.8 Å². The largest absolute Gasteiger partial charge is 0.317 e. The Morgan fingerprint density at radius 2 is 1.00 bits per heavy atom. The standard InChI is InChI=1S/C6H6.C4H11N/c1-2-4-6-5-3-1;1-3-5-4-2/h1-6H;5H,3-4H2,1-2H3. The molecule has 0 heterocycles. The molecule has 0 bridgehead atoms. The molecule has 0 aliphatic heterocycles. The van der Waals surface area contributed by atoms with Crippen LogP contribution in [0.25, 0.3) is 0 Å². The number of benzene rings is 1. The first-order chi connectivity index (χ1) is 5.41. The normalized spacial score (nSPS) is 8.18. The van der Waals surface area contributed by atoms with Crippen molar-refractivity contribution in [3.63, 3.8) is 0 Å². The van der Waals surface area contributed by atoms with Gasteiger partial charge >= 0.3 is 0 Å². The van der Waals surface area contributed by atoms with E-state index in [2.05, 4.69) is 19.2 Å². The van der Waals surface area contributed by atoms with Gasteiger partial charge in [-0.25, -0.2) is 0 Å². The zero-order valence-corrected chi connectivity index (χ0v) is 7.38. The fraction of sp³-hybridized carbons (Fsp3) is 0.400. The van der Waals surface area contributed by atoms with Crippen molar-refractivity contribution in [1.29, 1.82) is 0 Å². The molecule has 0 atom stereocenters. The van der Waals surface area contributed by atoms with Crippen LogP contribution in [0.3, 0.4) is 0 Å². The smallest absolute Gasteiger partial charge is 0.00775 e. The first-order valence-electron chi connectivity index (χ1n) is 4.12. The lowest BCUT2D eigenvalue weighted by molar-refractivity contribution is 0.762. The molecule has 0 unspecified atom stereocenters. The van der Waals surface area contributed by atoms with Crippen LogP contribution in [-0.4, -0.2) is 13.1 Å². The Hall–Kier alpha value is -0.820. The van der Waals surface area contributed by atoms with Crippen LogP contribution in [0.2, 0.25) is 0 Å². The summed E-state index contributed by atoms with van der Waals surface area (Å²) >= 11 is 0. The van der Waals surface area contributed by atoms with Crippen LogP contribution in [0.15, 0.2) is 36.4 Å². The van der Waals surface area contributed by atoms with Crippen molar-refractivity contribution in [2.24, 2.45) is 0 Å². The number of hydrogen-bond acceptors (Lipinski definition) is 1. The molecule has 0 fully saturated rings. The third kappa shape index (κ3) is 9.18. The Labute approximate surface area is 69.4 Å². The van der Waals surface area contributed by atoms with Gasteiger partial charge in [0, 0.05) is 0 Å². The van der Waals surface area contributed by atoms with Gasteiger partial charge in [0.25, 0.3) is 0 Å². The Balaban J connectivity index is 0.000000187. The van der Waals surface area contributed by atoms with Crippen molar-refractivity contribution in [3.05, 3.63) is 36.4 Å². The summed E-state index contributed by atoms with van der Waals surface area (Å²) < 4.78 is 0. The second-order valence-corrected chi connectivity index (χ2v) is 2.11. The van der Waals surface area contributed by atoms with E-state index in [4.69, 9.17) is 0 Å². The predicted octanol–water partition coefficient (Wildman–Crippen LogP) is 2.30. The molecule has 62 valence electrons. The van der Waals surface area contributed by atoms with Crippen molar-refractivity contribution >= 4 is 0 Å². The third-order valence-electron chi connectivity index (χ3n) is 1.17. The van der Waals surface area contributed by atoms with Gasteiger partial charge in [0.05, 0.1) is 0 Å². The second-order valence-electron chi connectivity index (χ2n) is 2.11. The molecule has 1 aromatic rings. The summed E-state index contributed by atoms with van der Waals surface area (Å²) in [5.74, 6) is 0. The van der Waals surface area contributed by atoms with E-state index < -0.39 is 0 Å². The van der Waals surface area contributed by atoms with Crippen molar-refractivity contribution in [2.75, 3.05) is 13.1 Å². The lowest BCUT2D eigenvalue weighted by Crippen LogP contribution is -2.09. The molecule has 1 nitrogen and oxygen atoms in total. The molecule has 0 aliphatic rings. The minimum Gasteiger partial charge on any atom is -0.317 e. The number of nitrogens with one attached hydrogen (secondary N) is 1. The van der Waals surface area contributed by atoms with Gasteiger partial charge in [0.15, 0.2) is 0 Å². The van der Waals surface area contributed by atoms with Crippen molar-refractivity contribution in [3.8, 4) is 0 Å². The molecule has 0 aromatic heterocycles. The topological polar surface area (TPSA) is 12.0 Å². The van der Waals surface area contributed by atoms with Crippen molar-refractivity contribution < 1.29 is 0 Å². The van der Waals surface area contributed by atoms with Crippen LogP contribution in [0.4, 0.5) is 0 Å². The van der Waals surface area contributed by atoms with Crippen LogP contribution in [0, 0.1) is 0 Å². The van der Waals surface area contributed by atoms with E-state index in [0.717, 1.165) is 13.1 Å². The highest BCUT2D eigenvalue weighted by Crippen LogP contribution is 1.79. The third-order valence-corrected chi connectivity index (χ3v) is 1.17. The molecule has 0 spiro atoms. The van der Waals surface area contributed by atoms with Gasteiger partial charge in [0.2, 0.25) is 0 Å². The maximum Gasteiger partial charge on any atom is -0.00775 e. The summed E-state index contributed by atoms with van der Waals surface area (Å²) in [6.07, 6.45) is 0. The lowest BCUT2D eigenvalue weighted by atomic mass is 10.4. The fourth-order valence-electron chi connectivity index (χ4n) is 0.635. The van der Waals surface area contributed by atoms with E-state index in [9.17, 15) is 0 Å². The Morgan fingerprint density at radius 3 is 1.09 bits per heavy atom. The summed E-state index contributed by atoms with van der Waals surface area (Å²) in [6, 6.07) is 12.0. The van der Waals surface area contributed by atoms with Gasteiger partial charge in [-0.05, 0) is 13.1 Å². The Morgan fingerprint density at radius 1 is 0.727 bits per heavy atom. The molecule has 0 amide bonds. The van der Waals surface area contributed by atoms with E-state index >= 15 is 0 Å². The summed E-state index contributed by atoms with van der Waals surface area (Å²) in [6.45, 7) is 6.39. The van der Waals surface area contributed by atoms with Crippen LogP contribution in [0.1, 0.15) is 13.8 Å². The minimum absolute atomic E-state index is 1.09. The molecular formula is C10H17N. The molecule has 11 heavy (non-hydrogen) atoms. The number of hydrogen-bond donors (Lipinski definition) is 1. The fourth-order valence-corrected chi connectivity index (χ4v) is 0.635. The van der Waals surface area contributed by atoms with E-state index in [1.165, 1.54) is 0 Å². The molecule has 1 N–H and O–H groups in total. The monoisotopic (exact) mass is 151 g/mol. The number of rotatable bonds is 2. The van der Waals surface area contributed by atoms with Crippen LogP contribution in [-0.2, 0) is 0 Å². The minimum atomic E-state index is 1.09. The molecular weight excluding hydrogens is 134 g/mol. The summed E-state index contributed by atoms with van der Waals surface area (Å²) in [5, 5.41) is 3.11. The van der Waals surface area contributed by atoms with Crippen LogP contribution >= 0.6 is 0 Å². The first kappa shape index (κ1) is 10.2. The predicted molar refractivity (Wildman–Crippen MR) is 50.7 cm³/mol. The highest BCUT2D eigenvalue weighted by molar-refractivity contribution is 4.99.